The lowest BCUT2D eigenvalue weighted by molar-refractivity contribution is 0.102. The number of amides is 1. The quantitative estimate of drug-likeness (QED) is 0.277. The number of rotatable bonds is 4. The first-order chi connectivity index (χ1) is 15.5. The van der Waals surface area contributed by atoms with E-state index in [4.69, 9.17) is 9.72 Å². The summed E-state index contributed by atoms with van der Waals surface area (Å²) in [5, 5.41) is 5.97. The van der Waals surface area contributed by atoms with Crippen LogP contribution >= 0.6 is 27.3 Å². The van der Waals surface area contributed by atoms with E-state index in [1.54, 1.807) is 18.4 Å². The first-order valence-electron chi connectivity index (χ1n) is 10.1. The van der Waals surface area contributed by atoms with E-state index in [1.165, 1.54) is 0 Å². The number of benzene rings is 4. The second-order valence-electron chi connectivity index (χ2n) is 7.46. The minimum atomic E-state index is -0.218. The van der Waals surface area contributed by atoms with Crippen molar-refractivity contribution in [3.63, 3.8) is 0 Å². The van der Waals surface area contributed by atoms with Crippen molar-refractivity contribution in [1.29, 1.82) is 0 Å². The number of anilines is 1. The van der Waals surface area contributed by atoms with Crippen LogP contribution in [0.5, 0.6) is 5.75 Å². The van der Waals surface area contributed by atoms with Crippen LogP contribution in [0.4, 0.5) is 5.69 Å². The van der Waals surface area contributed by atoms with Crippen molar-refractivity contribution in [2.75, 3.05) is 12.4 Å². The van der Waals surface area contributed by atoms with Crippen LogP contribution in [0.1, 0.15) is 15.9 Å². The van der Waals surface area contributed by atoms with Gasteiger partial charge in [-0.2, -0.15) is 0 Å². The van der Waals surface area contributed by atoms with Crippen LogP contribution in [0.2, 0.25) is 0 Å². The molecule has 5 aromatic rings. The molecule has 0 aliphatic carbocycles. The minimum Gasteiger partial charge on any atom is -0.495 e. The third-order valence-corrected chi connectivity index (χ3v) is 7.28. The second kappa shape index (κ2) is 8.37. The molecule has 0 unspecified atom stereocenters. The van der Waals surface area contributed by atoms with Gasteiger partial charge in [0, 0.05) is 11.3 Å². The van der Waals surface area contributed by atoms with Crippen molar-refractivity contribution in [2.45, 2.75) is 6.92 Å². The third-order valence-electron chi connectivity index (χ3n) is 5.41. The molecule has 5 rings (SSSR count). The summed E-state index contributed by atoms with van der Waals surface area (Å²) in [6, 6.07) is 23.8. The number of methoxy groups -OCH3 is 1. The molecule has 0 aliphatic rings. The fourth-order valence-corrected chi connectivity index (χ4v) is 5.47. The van der Waals surface area contributed by atoms with Crippen LogP contribution in [-0.2, 0) is 0 Å². The summed E-state index contributed by atoms with van der Waals surface area (Å²) in [6.07, 6.45) is 0. The summed E-state index contributed by atoms with van der Waals surface area (Å²) in [5.74, 6) is 0.300. The topological polar surface area (TPSA) is 51.2 Å². The van der Waals surface area contributed by atoms with Crippen molar-refractivity contribution in [2.24, 2.45) is 0 Å². The lowest BCUT2D eigenvalue weighted by Crippen LogP contribution is -2.14. The molecule has 0 bridgehead atoms. The Morgan fingerprint density at radius 1 is 1.03 bits per heavy atom. The van der Waals surface area contributed by atoms with Crippen LogP contribution in [-0.4, -0.2) is 18.0 Å². The number of hydrogen-bond donors (Lipinski definition) is 1. The van der Waals surface area contributed by atoms with Crippen molar-refractivity contribution in [3.05, 3.63) is 88.4 Å². The lowest BCUT2D eigenvalue weighted by atomic mass is 10.0. The molecule has 1 amide bonds. The average Bonchev–Trinajstić information content (AvgIpc) is 3.24. The predicted octanol–water partition coefficient (Wildman–Crippen LogP) is 7.45. The molecule has 0 fully saturated rings. The highest BCUT2D eigenvalue weighted by molar-refractivity contribution is 9.10. The van der Waals surface area contributed by atoms with E-state index in [2.05, 4.69) is 33.4 Å². The summed E-state index contributed by atoms with van der Waals surface area (Å²) >= 11 is 5.26. The number of halogens is 1. The summed E-state index contributed by atoms with van der Waals surface area (Å²) in [7, 11) is 1.57. The van der Waals surface area contributed by atoms with Crippen LogP contribution < -0.4 is 10.1 Å². The van der Waals surface area contributed by atoms with E-state index >= 15 is 0 Å². The summed E-state index contributed by atoms with van der Waals surface area (Å²) in [6.45, 7) is 1.99. The third kappa shape index (κ3) is 3.66. The van der Waals surface area contributed by atoms with E-state index in [9.17, 15) is 4.79 Å². The van der Waals surface area contributed by atoms with E-state index in [0.717, 1.165) is 47.3 Å². The standard InChI is InChI=1S/C26H19BrN2O2S/c1-15-13-17(26-29-21-9-5-6-10-22(21)32-26)11-12-20(15)28-25(30)19-14-16-7-3-4-8-18(16)23(27)24(19)31-2/h3-14H,1-2H3,(H,28,30). The number of hydrogen-bond acceptors (Lipinski definition) is 4. The number of ether oxygens (including phenoxy) is 1. The zero-order valence-electron chi connectivity index (χ0n) is 17.5. The number of fused-ring (bicyclic) bond motifs is 2. The monoisotopic (exact) mass is 502 g/mol. The molecule has 0 saturated heterocycles. The molecule has 1 heterocycles. The lowest BCUT2D eigenvalue weighted by Gasteiger charge is -2.15. The first kappa shape index (κ1) is 20.7. The number of para-hydroxylation sites is 1. The van der Waals surface area contributed by atoms with E-state index in [0.29, 0.717) is 11.3 Å². The van der Waals surface area contributed by atoms with Crippen molar-refractivity contribution in [3.8, 4) is 16.3 Å². The van der Waals surface area contributed by atoms with Gasteiger partial charge in [-0.05, 0) is 75.6 Å². The number of thiazole rings is 1. The molecule has 6 heteroatoms. The Kier molecular flexibility index (Phi) is 5.41. The van der Waals surface area contributed by atoms with Gasteiger partial charge in [0.15, 0.2) is 0 Å². The molecular formula is C26H19BrN2O2S. The van der Waals surface area contributed by atoms with Gasteiger partial charge in [-0.25, -0.2) is 4.98 Å². The van der Waals surface area contributed by atoms with Crippen LogP contribution in [0.3, 0.4) is 0 Å². The number of carbonyl (C=O) groups is 1. The molecule has 1 N–H and O–H groups in total. The summed E-state index contributed by atoms with van der Waals surface area (Å²) in [5.41, 5.74) is 4.23. The summed E-state index contributed by atoms with van der Waals surface area (Å²) in [4.78, 5) is 17.9. The molecule has 0 radical (unpaired) electrons. The highest BCUT2D eigenvalue weighted by Crippen LogP contribution is 2.37. The van der Waals surface area contributed by atoms with Gasteiger partial charge in [0.05, 0.1) is 27.4 Å². The molecule has 0 saturated carbocycles. The van der Waals surface area contributed by atoms with Gasteiger partial charge in [0.1, 0.15) is 10.8 Å². The zero-order valence-corrected chi connectivity index (χ0v) is 19.9. The second-order valence-corrected chi connectivity index (χ2v) is 9.29. The van der Waals surface area contributed by atoms with Gasteiger partial charge in [-0.3, -0.25) is 4.79 Å². The van der Waals surface area contributed by atoms with Crippen molar-refractivity contribution >= 4 is 59.9 Å². The zero-order chi connectivity index (χ0) is 22.2. The number of aromatic nitrogens is 1. The minimum absolute atomic E-state index is 0.218. The molecule has 158 valence electrons. The fourth-order valence-electron chi connectivity index (χ4n) is 3.77. The van der Waals surface area contributed by atoms with Crippen molar-refractivity contribution in [1.82, 2.24) is 4.98 Å². The number of carbonyl (C=O) groups excluding carboxylic acids is 1. The Labute approximate surface area is 198 Å². The Morgan fingerprint density at radius 3 is 2.59 bits per heavy atom. The first-order valence-corrected chi connectivity index (χ1v) is 11.7. The Balaban J connectivity index is 1.47. The maximum absolute atomic E-state index is 13.2. The predicted molar refractivity (Wildman–Crippen MR) is 136 cm³/mol. The highest BCUT2D eigenvalue weighted by atomic mass is 79.9. The van der Waals surface area contributed by atoms with Gasteiger partial charge in [0.2, 0.25) is 0 Å². The molecule has 0 aliphatic heterocycles. The van der Waals surface area contributed by atoms with E-state index in [1.807, 2.05) is 67.6 Å². The van der Waals surface area contributed by atoms with Gasteiger partial charge < -0.3 is 10.1 Å². The molecule has 4 nitrogen and oxygen atoms in total. The SMILES string of the molecule is COc1c(C(=O)Nc2ccc(-c3nc4ccccc4s3)cc2C)cc2ccccc2c1Br. The highest BCUT2D eigenvalue weighted by Gasteiger charge is 2.19. The molecule has 1 aromatic heterocycles. The largest absolute Gasteiger partial charge is 0.495 e. The normalized spacial score (nSPS) is 11.1. The van der Waals surface area contributed by atoms with Crippen molar-refractivity contribution < 1.29 is 9.53 Å². The van der Waals surface area contributed by atoms with Crippen LogP contribution in [0.15, 0.2) is 77.3 Å². The molecule has 0 atom stereocenters. The molecule has 0 spiro atoms. The van der Waals surface area contributed by atoms with E-state index in [-0.39, 0.29) is 5.91 Å². The van der Waals surface area contributed by atoms with Gasteiger partial charge in [-0.15, -0.1) is 11.3 Å². The summed E-state index contributed by atoms with van der Waals surface area (Å²) < 4.78 is 7.49. The average molecular weight is 503 g/mol. The number of nitrogens with zero attached hydrogens (tertiary/aromatic N) is 1. The number of aryl methyl sites for hydroxylation is 1. The Bertz CT molecular complexity index is 1460. The van der Waals surface area contributed by atoms with Gasteiger partial charge in [0.25, 0.3) is 5.91 Å². The molecular weight excluding hydrogens is 484 g/mol. The fraction of sp³-hybridized carbons (Fsp3) is 0.0769. The number of nitrogens with one attached hydrogen (secondary N) is 1. The molecule has 32 heavy (non-hydrogen) atoms. The van der Waals surface area contributed by atoms with Crippen LogP contribution in [0.25, 0.3) is 31.6 Å². The smallest absolute Gasteiger partial charge is 0.259 e. The van der Waals surface area contributed by atoms with E-state index < -0.39 is 0 Å². The maximum atomic E-state index is 13.2. The Hall–Kier alpha value is -3.22. The maximum Gasteiger partial charge on any atom is 0.259 e. The van der Waals surface area contributed by atoms with Gasteiger partial charge in [-0.1, -0.05) is 36.4 Å². The molecule has 4 aromatic carbocycles. The van der Waals surface area contributed by atoms with Crippen LogP contribution in [0, 0.1) is 6.92 Å². The Morgan fingerprint density at radius 2 is 1.81 bits per heavy atom. The van der Waals surface area contributed by atoms with Gasteiger partial charge >= 0.3 is 0 Å².